The van der Waals surface area contributed by atoms with Gasteiger partial charge in [0.05, 0.1) is 31.8 Å². The highest BCUT2D eigenvalue weighted by molar-refractivity contribution is 5.77. The largest absolute Gasteiger partial charge is 0.469 e. The Bertz CT molecular complexity index is 626. The van der Waals surface area contributed by atoms with E-state index in [0.29, 0.717) is 13.2 Å². The fourth-order valence-electron chi connectivity index (χ4n) is 2.44. The normalized spacial score (nSPS) is 12.5. The van der Waals surface area contributed by atoms with Crippen LogP contribution in [0.1, 0.15) is 19.4 Å². The number of para-hydroxylation sites is 1. The molecule has 0 saturated carbocycles. The number of methoxy groups -OCH3 is 1. The first-order valence-electron chi connectivity index (χ1n) is 8.05. The Labute approximate surface area is 143 Å². The van der Waals surface area contributed by atoms with Crippen LogP contribution in [0.4, 0.5) is 5.69 Å². The van der Waals surface area contributed by atoms with Crippen LogP contribution in [0.25, 0.3) is 0 Å². The summed E-state index contributed by atoms with van der Waals surface area (Å²) in [5.41, 5.74) is 1.33. The monoisotopic (exact) mass is 327 g/mol. The Morgan fingerprint density at radius 1 is 1.04 bits per heavy atom. The van der Waals surface area contributed by atoms with Gasteiger partial charge in [0.15, 0.2) is 0 Å². The van der Waals surface area contributed by atoms with Gasteiger partial charge < -0.3 is 14.8 Å². The summed E-state index contributed by atoms with van der Waals surface area (Å²) in [7, 11) is 1.41. The third kappa shape index (κ3) is 4.83. The van der Waals surface area contributed by atoms with Crippen molar-refractivity contribution in [2.45, 2.75) is 26.5 Å². The second-order valence-electron chi connectivity index (χ2n) is 6.28. The van der Waals surface area contributed by atoms with Gasteiger partial charge >= 0.3 is 5.97 Å². The number of anilines is 1. The lowest BCUT2D eigenvalue weighted by atomic mass is 9.84. The number of carbonyl (C=O) groups is 1. The van der Waals surface area contributed by atoms with Gasteiger partial charge in [-0.3, -0.25) is 4.79 Å². The highest BCUT2D eigenvalue weighted by atomic mass is 16.5. The number of esters is 1. The minimum atomic E-state index is -0.721. The third-order valence-electron chi connectivity index (χ3n) is 4.09. The molecule has 2 aromatic carbocycles. The molecule has 1 N–H and O–H groups in total. The van der Waals surface area contributed by atoms with Crippen LogP contribution in [-0.4, -0.2) is 25.7 Å². The van der Waals surface area contributed by atoms with Crippen LogP contribution in [0.15, 0.2) is 60.7 Å². The standard InChI is InChI=1S/C20H25NO3/c1-20(2,19(22)23-3)18(21-17-12-8-5-9-13-17)15-24-14-16-10-6-4-7-11-16/h4-13,18,21H,14-15H2,1-3H3. The average molecular weight is 327 g/mol. The molecule has 0 saturated heterocycles. The Kier molecular flexibility index (Phi) is 6.38. The highest BCUT2D eigenvalue weighted by Crippen LogP contribution is 2.26. The van der Waals surface area contributed by atoms with E-state index in [1.165, 1.54) is 7.11 Å². The summed E-state index contributed by atoms with van der Waals surface area (Å²) in [4.78, 5) is 12.2. The molecule has 0 aliphatic rings. The number of rotatable bonds is 8. The third-order valence-corrected chi connectivity index (χ3v) is 4.09. The molecule has 0 aliphatic heterocycles. The molecule has 24 heavy (non-hydrogen) atoms. The van der Waals surface area contributed by atoms with Crippen LogP contribution in [0.3, 0.4) is 0 Å². The summed E-state index contributed by atoms with van der Waals surface area (Å²) in [6.45, 7) is 4.63. The van der Waals surface area contributed by atoms with Gasteiger partial charge in [-0.05, 0) is 31.5 Å². The van der Waals surface area contributed by atoms with E-state index in [4.69, 9.17) is 9.47 Å². The molecule has 1 atom stereocenters. The van der Waals surface area contributed by atoms with Crippen molar-refractivity contribution >= 4 is 11.7 Å². The van der Waals surface area contributed by atoms with Crippen molar-refractivity contribution in [2.24, 2.45) is 5.41 Å². The maximum absolute atomic E-state index is 12.2. The van der Waals surface area contributed by atoms with E-state index in [1.54, 1.807) is 0 Å². The molecule has 0 fully saturated rings. The predicted octanol–water partition coefficient (Wildman–Crippen LogP) is 3.88. The van der Waals surface area contributed by atoms with Gasteiger partial charge in [0.1, 0.15) is 0 Å². The van der Waals surface area contributed by atoms with Crippen molar-refractivity contribution < 1.29 is 14.3 Å². The van der Waals surface area contributed by atoms with Gasteiger partial charge in [0.25, 0.3) is 0 Å². The van der Waals surface area contributed by atoms with Crippen molar-refractivity contribution in [1.82, 2.24) is 0 Å². The molecule has 0 amide bonds. The van der Waals surface area contributed by atoms with Crippen LogP contribution < -0.4 is 5.32 Å². The van der Waals surface area contributed by atoms with Gasteiger partial charge in [-0.15, -0.1) is 0 Å². The van der Waals surface area contributed by atoms with E-state index < -0.39 is 5.41 Å². The Morgan fingerprint density at radius 3 is 2.21 bits per heavy atom. The van der Waals surface area contributed by atoms with E-state index in [9.17, 15) is 4.79 Å². The van der Waals surface area contributed by atoms with Crippen LogP contribution in [-0.2, 0) is 20.9 Å². The second-order valence-corrected chi connectivity index (χ2v) is 6.28. The zero-order valence-corrected chi connectivity index (χ0v) is 14.5. The number of carbonyl (C=O) groups excluding carboxylic acids is 1. The number of nitrogens with one attached hydrogen (secondary N) is 1. The lowest BCUT2D eigenvalue weighted by molar-refractivity contribution is -0.152. The molecule has 4 heteroatoms. The quantitative estimate of drug-likeness (QED) is 0.747. The molecule has 0 radical (unpaired) electrons. The van der Waals surface area contributed by atoms with Crippen molar-refractivity contribution in [3.63, 3.8) is 0 Å². The van der Waals surface area contributed by atoms with E-state index in [1.807, 2.05) is 74.5 Å². The Hall–Kier alpha value is -2.33. The minimum absolute atomic E-state index is 0.212. The molecule has 0 heterocycles. The van der Waals surface area contributed by atoms with Crippen molar-refractivity contribution in [3.05, 3.63) is 66.2 Å². The molecular weight excluding hydrogens is 302 g/mol. The van der Waals surface area contributed by atoms with Crippen LogP contribution in [0.5, 0.6) is 0 Å². The zero-order valence-electron chi connectivity index (χ0n) is 14.5. The predicted molar refractivity (Wildman–Crippen MR) is 95.7 cm³/mol. The average Bonchev–Trinajstić information content (AvgIpc) is 2.61. The van der Waals surface area contributed by atoms with Crippen molar-refractivity contribution in [3.8, 4) is 0 Å². The van der Waals surface area contributed by atoms with Gasteiger partial charge in [0.2, 0.25) is 0 Å². The first kappa shape index (κ1) is 18.0. The van der Waals surface area contributed by atoms with Gasteiger partial charge in [-0.1, -0.05) is 48.5 Å². The Balaban J connectivity index is 2.06. The number of ether oxygens (including phenoxy) is 2. The van der Waals surface area contributed by atoms with Gasteiger partial charge in [-0.2, -0.15) is 0 Å². The number of hydrogen-bond acceptors (Lipinski definition) is 4. The summed E-state index contributed by atoms with van der Waals surface area (Å²) < 4.78 is 10.8. The van der Waals surface area contributed by atoms with Gasteiger partial charge in [0, 0.05) is 5.69 Å². The first-order chi connectivity index (χ1) is 11.5. The summed E-state index contributed by atoms with van der Waals surface area (Å²) in [5.74, 6) is -0.265. The van der Waals surface area contributed by atoms with E-state index in [2.05, 4.69) is 5.32 Å². The molecular formula is C20H25NO3. The molecule has 0 aliphatic carbocycles. The SMILES string of the molecule is COC(=O)C(C)(C)C(COCc1ccccc1)Nc1ccccc1. The van der Waals surface area contributed by atoms with Gasteiger partial charge in [-0.25, -0.2) is 0 Å². The molecule has 2 rings (SSSR count). The van der Waals surface area contributed by atoms with E-state index >= 15 is 0 Å². The molecule has 128 valence electrons. The molecule has 2 aromatic rings. The Morgan fingerprint density at radius 2 is 1.62 bits per heavy atom. The number of hydrogen-bond donors (Lipinski definition) is 1. The van der Waals surface area contributed by atoms with Crippen LogP contribution >= 0.6 is 0 Å². The van der Waals surface area contributed by atoms with Crippen LogP contribution in [0, 0.1) is 5.41 Å². The molecule has 0 spiro atoms. The topological polar surface area (TPSA) is 47.6 Å². The van der Waals surface area contributed by atoms with E-state index in [-0.39, 0.29) is 12.0 Å². The number of benzene rings is 2. The highest BCUT2D eigenvalue weighted by Gasteiger charge is 2.38. The smallest absolute Gasteiger partial charge is 0.313 e. The maximum Gasteiger partial charge on any atom is 0.313 e. The first-order valence-corrected chi connectivity index (χ1v) is 8.05. The molecule has 4 nitrogen and oxygen atoms in total. The lowest BCUT2D eigenvalue weighted by Crippen LogP contribution is -2.45. The summed E-state index contributed by atoms with van der Waals surface area (Å²) in [6.07, 6.45) is 0. The molecule has 0 aromatic heterocycles. The van der Waals surface area contributed by atoms with Crippen LogP contribution in [0.2, 0.25) is 0 Å². The van der Waals surface area contributed by atoms with Crippen molar-refractivity contribution in [1.29, 1.82) is 0 Å². The maximum atomic E-state index is 12.2. The summed E-state index contributed by atoms with van der Waals surface area (Å²) in [6, 6.07) is 19.6. The fraction of sp³-hybridized carbons (Fsp3) is 0.350. The van der Waals surface area contributed by atoms with E-state index in [0.717, 1.165) is 11.3 Å². The fourth-order valence-corrected chi connectivity index (χ4v) is 2.44. The molecule has 0 bridgehead atoms. The van der Waals surface area contributed by atoms with Crippen molar-refractivity contribution in [2.75, 3.05) is 19.0 Å². The second kappa shape index (κ2) is 8.50. The molecule has 1 unspecified atom stereocenters. The summed E-state index contributed by atoms with van der Waals surface area (Å²) >= 11 is 0. The summed E-state index contributed by atoms with van der Waals surface area (Å²) in [5, 5.41) is 3.39. The minimum Gasteiger partial charge on any atom is -0.469 e. The lowest BCUT2D eigenvalue weighted by Gasteiger charge is -2.33. The zero-order chi connectivity index (χ0) is 17.4.